The zero-order valence-corrected chi connectivity index (χ0v) is 10.9. The molecule has 0 rings (SSSR count). The molecule has 0 saturated carbocycles. The van der Waals surface area contributed by atoms with E-state index in [9.17, 15) is 9.59 Å². The second-order valence-electron chi connectivity index (χ2n) is 3.72. The summed E-state index contributed by atoms with van der Waals surface area (Å²) in [5.41, 5.74) is 0. The lowest BCUT2D eigenvalue weighted by Crippen LogP contribution is -2.29. The first kappa shape index (κ1) is 15.3. The highest BCUT2D eigenvalue weighted by Gasteiger charge is 2.08. The Morgan fingerprint density at radius 3 is 2.56 bits per heavy atom. The molecule has 0 heterocycles. The van der Waals surface area contributed by atoms with Crippen molar-refractivity contribution in [1.82, 2.24) is 4.90 Å². The van der Waals surface area contributed by atoms with Gasteiger partial charge in [-0.1, -0.05) is 13.3 Å². The predicted molar refractivity (Wildman–Crippen MR) is 66.7 cm³/mol. The van der Waals surface area contributed by atoms with Gasteiger partial charge in [0.15, 0.2) is 0 Å². The number of nitrogens with zero attached hydrogens (tertiary/aromatic N) is 1. The van der Waals surface area contributed by atoms with Crippen LogP contribution in [0.4, 0.5) is 0 Å². The first-order valence-electron chi connectivity index (χ1n) is 5.61. The van der Waals surface area contributed by atoms with Gasteiger partial charge in [-0.25, -0.2) is 0 Å². The van der Waals surface area contributed by atoms with Crippen LogP contribution in [0.2, 0.25) is 0 Å². The minimum Gasteiger partial charge on any atom is -0.481 e. The van der Waals surface area contributed by atoms with Crippen LogP contribution in [-0.4, -0.2) is 47.0 Å². The standard InChI is InChI=1S/C11H21NO3S/c1-3-4-8-16-9-10(13)12(2)7-5-6-11(14)15/h3-9H2,1-2H3,(H,14,15). The molecule has 0 aliphatic rings. The highest BCUT2D eigenvalue weighted by atomic mass is 32.2. The second kappa shape index (κ2) is 9.51. The van der Waals surface area contributed by atoms with Gasteiger partial charge >= 0.3 is 5.97 Å². The van der Waals surface area contributed by atoms with Gasteiger partial charge in [0.1, 0.15) is 0 Å². The van der Waals surface area contributed by atoms with Crippen LogP contribution in [0.5, 0.6) is 0 Å². The molecule has 4 nitrogen and oxygen atoms in total. The van der Waals surface area contributed by atoms with Crippen molar-refractivity contribution >= 4 is 23.6 Å². The van der Waals surface area contributed by atoms with E-state index in [0.29, 0.717) is 18.7 Å². The number of hydrogen-bond acceptors (Lipinski definition) is 3. The Balaban J connectivity index is 3.53. The smallest absolute Gasteiger partial charge is 0.303 e. The number of aliphatic carboxylic acids is 1. The normalized spacial score (nSPS) is 10.1. The fourth-order valence-electron chi connectivity index (χ4n) is 1.11. The molecule has 0 unspecified atom stereocenters. The van der Waals surface area contributed by atoms with Gasteiger partial charge in [-0.3, -0.25) is 9.59 Å². The van der Waals surface area contributed by atoms with E-state index < -0.39 is 5.97 Å². The van der Waals surface area contributed by atoms with Crippen molar-refractivity contribution in [2.24, 2.45) is 0 Å². The van der Waals surface area contributed by atoms with Crippen molar-refractivity contribution in [2.75, 3.05) is 25.1 Å². The van der Waals surface area contributed by atoms with E-state index in [2.05, 4.69) is 6.92 Å². The lowest BCUT2D eigenvalue weighted by molar-refractivity contribution is -0.137. The molecule has 0 aliphatic carbocycles. The average molecular weight is 247 g/mol. The van der Waals surface area contributed by atoms with Crippen LogP contribution in [0, 0.1) is 0 Å². The second-order valence-corrected chi connectivity index (χ2v) is 4.82. The summed E-state index contributed by atoms with van der Waals surface area (Å²) in [5, 5.41) is 8.46. The SMILES string of the molecule is CCCCSCC(=O)N(C)CCCC(=O)O. The summed E-state index contributed by atoms with van der Waals surface area (Å²) < 4.78 is 0. The fourth-order valence-corrected chi connectivity index (χ4v) is 2.14. The van der Waals surface area contributed by atoms with Crippen LogP contribution in [0.25, 0.3) is 0 Å². The van der Waals surface area contributed by atoms with Gasteiger partial charge in [-0.15, -0.1) is 0 Å². The highest BCUT2D eigenvalue weighted by molar-refractivity contribution is 7.99. The molecule has 0 spiro atoms. The van der Waals surface area contributed by atoms with Gasteiger partial charge in [-0.2, -0.15) is 11.8 Å². The minimum atomic E-state index is -0.807. The molecule has 0 aromatic carbocycles. The molecular weight excluding hydrogens is 226 g/mol. The van der Waals surface area contributed by atoms with E-state index in [4.69, 9.17) is 5.11 Å². The Morgan fingerprint density at radius 2 is 2.00 bits per heavy atom. The van der Waals surface area contributed by atoms with Crippen LogP contribution in [0.1, 0.15) is 32.6 Å². The number of rotatable bonds is 9. The van der Waals surface area contributed by atoms with E-state index in [1.54, 1.807) is 23.7 Å². The van der Waals surface area contributed by atoms with Gasteiger partial charge < -0.3 is 10.0 Å². The number of thioether (sulfide) groups is 1. The zero-order chi connectivity index (χ0) is 12.4. The lowest BCUT2D eigenvalue weighted by atomic mass is 10.3. The molecular formula is C11H21NO3S. The molecule has 0 radical (unpaired) electrons. The number of carbonyl (C=O) groups excluding carboxylic acids is 1. The van der Waals surface area contributed by atoms with Crippen molar-refractivity contribution in [2.45, 2.75) is 32.6 Å². The number of carboxylic acid groups (broad SMARTS) is 1. The predicted octanol–water partition coefficient (Wildman–Crippen LogP) is 1.84. The highest BCUT2D eigenvalue weighted by Crippen LogP contribution is 2.06. The molecule has 0 aliphatic heterocycles. The van der Waals surface area contributed by atoms with Crippen molar-refractivity contribution < 1.29 is 14.7 Å². The van der Waals surface area contributed by atoms with Gasteiger partial charge in [0, 0.05) is 20.0 Å². The molecule has 0 saturated heterocycles. The summed E-state index contributed by atoms with van der Waals surface area (Å²) in [6.45, 7) is 2.65. The van der Waals surface area contributed by atoms with E-state index in [1.807, 2.05) is 0 Å². The maximum absolute atomic E-state index is 11.5. The number of carboxylic acids is 1. The number of unbranched alkanes of at least 4 members (excludes halogenated alkanes) is 1. The van der Waals surface area contributed by atoms with Crippen LogP contribution < -0.4 is 0 Å². The average Bonchev–Trinajstić information content (AvgIpc) is 2.23. The molecule has 0 atom stereocenters. The molecule has 1 N–H and O–H groups in total. The molecule has 0 bridgehead atoms. The first-order chi connectivity index (χ1) is 7.57. The summed E-state index contributed by atoms with van der Waals surface area (Å²) in [6, 6.07) is 0. The Bertz CT molecular complexity index is 221. The number of hydrogen-bond donors (Lipinski definition) is 1. The summed E-state index contributed by atoms with van der Waals surface area (Å²) in [5.74, 6) is 0.805. The van der Waals surface area contributed by atoms with Gasteiger partial charge in [0.05, 0.1) is 5.75 Å². The van der Waals surface area contributed by atoms with Crippen LogP contribution >= 0.6 is 11.8 Å². The lowest BCUT2D eigenvalue weighted by Gasteiger charge is -2.16. The van der Waals surface area contributed by atoms with Gasteiger partial charge in [0.2, 0.25) is 5.91 Å². The summed E-state index contributed by atoms with van der Waals surface area (Å²) in [7, 11) is 1.73. The van der Waals surface area contributed by atoms with Crippen LogP contribution in [0.15, 0.2) is 0 Å². The zero-order valence-electron chi connectivity index (χ0n) is 10.1. The third-order valence-electron chi connectivity index (χ3n) is 2.18. The van der Waals surface area contributed by atoms with Crippen molar-refractivity contribution in [1.29, 1.82) is 0 Å². The third-order valence-corrected chi connectivity index (χ3v) is 3.21. The van der Waals surface area contributed by atoms with Crippen molar-refractivity contribution in [3.8, 4) is 0 Å². The summed E-state index contributed by atoms with van der Waals surface area (Å²) >= 11 is 1.65. The Kier molecular flexibility index (Phi) is 9.09. The maximum Gasteiger partial charge on any atom is 0.303 e. The topological polar surface area (TPSA) is 57.6 Å². The van der Waals surface area contributed by atoms with Crippen molar-refractivity contribution in [3.05, 3.63) is 0 Å². The molecule has 0 aromatic rings. The molecule has 5 heteroatoms. The Morgan fingerprint density at radius 1 is 1.31 bits per heavy atom. The van der Waals surface area contributed by atoms with Gasteiger partial charge in [0.25, 0.3) is 0 Å². The fraction of sp³-hybridized carbons (Fsp3) is 0.818. The van der Waals surface area contributed by atoms with E-state index in [0.717, 1.165) is 18.6 Å². The molecule has 16 heavy (non-hydrogen) atoms. The Labute approximate surface area is 101 Å². The number of amides is 1. The molecule has 94 valence electrons. The summed E-state index contributed by atoms with van der Waals surface area (Å²) in [6.07, 6.45) is 2.94. The van der Waals surface area contributed by atoms with Gasteiger partial charge in [-0.05, 0) is 18.6 Å². The minimum absolute atomic E-state index is 0.0893. The number of carbonyl (C=O) groups is 2. The molecule has 0 aromatic heterocycles. The van der Waals surface area contributed by atoms with Crippen molar-refractivity contribution in [3.63, 3.8) is 0 Å². The van der Waals surface area contributed by atoms with Crippen LogP contribution in [-0.2, 0) is 9.59 Å². The third kappa shape index (κ3) is 8.59. The van der Waals surface area contributed by atoms with E-state index >= 15 is 0 Å². The van der Waals surface area contributed by atoms with E-state index in [-0.39, 0.29) is 12.3 Å². The molecule has 1 amide bonds. The Hall–Kier alpha value is -0.710. The first-order valence-corrected chi connectivity index (χ1v) is 6.77. The summed E-state index contributed by atoms with van der Waals surface area (Å²) in [4.78, 5) is 23.4. The largest absolute Gasteiger partial charge is 0.481 e. The van der Waals surface area contributed by atoms with E-state index in [1.165, 1.54) is 0 Å². The maximum atomic E-state index is 11.5. The monoisotopic (exact) mass is 247 g/mol. The molecule has 0 fully saturated rings. The quantitative estimate of drug-likeness (QED) is 0.632. The van der Waals surface area contributed by atoms with Crippen LogP contribution in [0.3, 0.4) is 0 Å².